The second kappa shape index (κ2) is 6.73. The average molecular weight is 275 g/mol. The molecule has 2 nitrogen and oxygen atoms in total. The van der Waals surface area contributed by atoms with Gasteiger partial charge in [0, 0.05) is 22.3 Å². The Balaban J connectivity index is 1.84. The lowest BCUT2D eigenvalue weighted by Crippen LogP contribution is -2.27. The van der Waals surface area contributed by atoms with Gasteiger partial charge in [0.2, 0.25) is 0 Å². The van der Waals surface area contributed by atoms with Crippen LogP contribution in [0.4, 0.5) is 0 Å². The Kier molecular flexibility index (Phi) is 5.00. The van der Waals surface area contributed by atoms with Crippen LogP contribution in [-0.4, -0.2) is 13.2 Å². The van der Waals surface area contributed by atoms with Crippen LogP contribution in [0.1, 0.15) is 22.2 Å². The Hall–Kier alpha value is -1.32. The largest absolute Gasteiger partial charge is 0.497 e. The van der Waals surface area contributed by atoms with Gasteiger partial charge in [-0.15, -0.1) is 11.3 Å². The molecule has 1 aromatic carbocycles. The van der Waals surface area contributed by atoms with E-state index in [1.165, 1.54) is 15.3 Å². The van der Waals surface area contributed by atoms with Gasteiger partial charge in [-0.25, -0.2) is 0 Å². The minimum atomic E-state index is 0.476. The van der Waals surface area contributed by atoms with Gasteiger partial charge in [-0.3, -0.25) is 0 Å². The van der Waals surface area contributed by atoms with E-state index in [9.17, 15) is 0 Å². The van der Waals surface area contributed by atoms with Gasteiger partial charge in [-0.2, -0.15) is 0 Å². The number of nitrogens with one attached hydrogen (secondary N) is 1. The first-order chi connectivity index (χ1) is 9.17. The SMILES string of the molecule is COc1cccc(CNC(C)Cc2ccc(C)s2)c1. The predicted molar refractivity (Wildman–Crippen MR) is 82.1 cm³/mol. The topological polar surface area (TPSA) is 21.3 Å². The molecule has 1 heterocycles. The zero-order chi connectivity index (χ0) is 13.7. The molecule has 1 N–H and O–H groups in total. The molecule has 0 aliphatic heterocycles. The van der Waals surface area contributed by atoms with Crippen LogP contribution in [-0.2, 0) is 13.0 Å². The summed E-state index contributed by atoms with van der Waals surface area (Å²) in [6, 6.07) is 13.1. The number of ether oxygens (including phenoxy) is 1. The van der Waals surface area contributed by atoms with Crippen LogP contribution >= 0.6 is 11.3 Å². The highest BCUT2D eigenvalue weighted by Gasteiger charge is 2.05. The van der Waals surface area contributed by atoms with Crippen LogP contribution in [0.25, 0.3) is 0 Å². The fourth-order valence-electron chi connectivity index (χ4n) is 2.04. The average Bonchev–Trinajstić information content (AvgIpc) is 2.82. The maximum absolute atomic E-state index is 5.23. The van der Waals surface area contributed by atoms with Crippen molar-refractivity contribution in [3.05, 3.63) is 51.7 Å². The van der Waals surface area contributed by atoms with E-state index >= 15 is 0 Å². The molecule has 1 atom stereocenters. The normalized spacial score (nSPS) is 12.4. The summed E-state index contributed by atoms with van der Waals surface area (Å²) in [4.78, 5) is 2.83. The third kappa shape index (κ3) is 4.37. The summed E-state index contributed by atoms with van der Waals surface area (Å²) in [6.45, 7) is 5.26. The first kappa shape index (κ1) is 14.1. The molecule has 0 bridgehead atoms. The smallest absolute Gasteiger partial charge is 0.119 e. The Labute approximate surface area is 119 Å². The Morgan fingerprint density at radius 1 is 1.26 bits per heavy atom. The van der Waals surface area contributed by atoms with Crippen LogP contribution in [0.2, 0.25) is 0 Å². The van der Waals surface area contributed by atoms with Crippen molar-refractivity contribution in [2.45, 2.75) is 32.9 Å². The van der Waals surface area contributed by atoms with Gasteiger partial charge in [0.05, 0.1) is 7.11 Å². The lowest BCUT2D eigenvalue weighted by atomic mass is 10.1. The van der Waals surface area contributed by atoms with Gasteiger partial charge < -0.3 is 10.1 Å². The molecule has 2 rings (SSSR count). The van der Waals surface area contributed by atoms with Gasteiger partial charge in [-0.05, 0) is 50.1 Å². The van der Waals surface area contributed by atoms with Crippen molar-refractivity contribution < 1.29 is 4.74 Å². The molecule has 0 aliphatic carbocycles. The molecule has 0 fully saturated rings. The highest BCUT2D eigenvalue weighted by molar-refractivity contribution is 7.11. The van der Waals surface area contributed by atoms with E-state index in [2.05, 4.69) is 43.4 Å². The molecule has 0 spiro atoms. The molecular formula is C16H21NOS. The molecule has 2 aromatic rings. The van der Waals surface area contributed by atoms with Gasteiger partial charge in [0.25, 0.3) is 0 Å². The van der Waals surface area contributed by atoms with Gasteiger partial charge in [0.15, 0.2) is 0 Å². The van der Waals surface area contributed by atoms with E-state index in [4.69, 9.17) is 4.74 Å². The number of hydrogen-bond donors (Lipinski definition) is 1. The Morgan fingerprint density at radius 2 is 2.11 bits per heavy atom. The number of aryl methyl sites for hydroxylation is 1. The van der Waals surface area contributed by atoms with Gasteiger partial charge >= 0.3 is 0 Å². The van der Waals surface area contributed by atoms with Crippen LogP contribution in [0.3, 0.4) is 0 Å². The lowest BCUT2D eigenvalue weighted by Gasteiger charge is -2.13. The monoisotopic (exact) mass is 275 g/mol. The van der Waals surface area contributed by atoms with Gasteiger partial charge in [0.1, 0.15) is 5.75 Å². The number of thiophene rings is 1. The Bertz CT molecular complexity index is 521. The third-order valence-corrected chi connectivity index (χ3v) is 4.12. The fraction of sp³-hybridized carbons (Fsp3) is 0.375. The summed E-state index contributed by atoms with van der Waals surface area (Å²) in [5.74, 6) is 0.917. The molecule has 0 saturated heterocycles. The minimum absolute atomic E-state index is 0.476. The molecule has 3 heteroatoms. The van der Waals surface area contributed by atoms with Crippen molar-refractivity contribution in [3.63, 3.8) is 0 Å². The van der Waals surface area contributed by atoms with Crippen molar-refractivity contribution in [1.82, 2.24) is 5.32 Å². The second-order valence-electron chi connectivity index (χ2n) is 4.85. The summed E-state index contributed by atoms with van der Waals surface area (Å²) in [5.41, 5.74) is 1.26. The van der Waals surface area contributed by atoms with E-state index < -0.39 is 0 Å². The lowest BCUT2D eigenvalue weighted by molar-refractivity contribution is 0.414. The number of hydrogen-bond acceptors (Lipinski definition) is 3. The molecule has 0 saturated carbocycles. The van der Waals surface area contributed by atoms with Crippen LogP contribution in [0.15, 0.2) is 36.4 Å². The van der Waals surface area contributed by atoms with Crippen molar-refractivity contribution in [3.8, 4) is 5.75 Å². The minimum Gasteiger partial charge on any atom is -0.497 e. The maximum Gasteiger partial charge on any atom is 0.119 e. The van der Waals surface area contributed by atoms with E-state index in [0.717, 1.165) is 18.7 Å². The van der Waals surface area contributed by atoms with Crippen molar-refractivity contribution in [2.75, 3.05) is 7.11 Å². The number of methoxy groups -OCH3 is 1. The summed E-state index contributed by atoms with van der Waals surface area (Å²) in [7, 11) is 1.70. The van der Waals surface area contributed by atoms with Crippen LogP contribution < -0.4 is 10.1 Å². The van der Waals surface area contributed by atoms with Crippen LogP contribution in [0.5, 0.6) is 5.75 Å². The number of rotatable bonds is 6. The summed E-state index contributed by atoms with van der Waals surface area (Å²) in [5, 5.41) is 3.56. The zero-order valence-electron chi connectivity index (χ0n) is 11.8. The van der Waals surface area contributed by atoms with Crippen molar-refractivity contribution in [2.24, 2.45) is 0 Å². The molecule has 0 aliphatic rings. The molecule has 1 unspecified atom stereocenters. The molecule has 19 heavy (non-hydrogen) atoms. The maximum atomic E-state index is 5.23. The first-order valence-electron chi connectivity index (χ1n) is 6.59. The van der Waals surface area contributed by atoms with Gasteiger partial charge in [-0.1, -0.05) is 12.1 Å². The summed E-state index contributed by atoms with van der Waals surface area (Å²) in [6.07, 6.45) is 1.09. The van der Waals surface area contributed by atoms with E-state index in [-0.39, 0.29) is 0 Å². The zero-order valence-corrected chi connectivity index (χ0v) is 12.6. The predicted octanol–water partition coefficient (Wildman–Crippen LogP) is 3.79. The quantitative estimate of drug-likeness (QED) is 0.866. The fourth-order valence-corrected chi connectivity index (χ4v) is 3.06. The van der Waals surface area contributed by atoms with Crippen LogP contribution in [0, 0.1) is 6.92 Å². The van der Waals surface area contributed by atoms with E-state index in [1.807, 2.05) is 23.5 Å². The molecule has 1 aromatic heterocycles. The molecule has 0 radical (unpaired) electrons. The Morgan fingerprint density at radius 3 is 2.79 bits per heavy atom. The van der Waals surface area contributed by atoms with E-state index in [1.54, 1.807) is 7.11 Å². The third-order valence-electron chi connectivity index (χ3n) is 3.09. The second-order valence-corrected chi connectivity index (χ2v) is 6.22. The summed E-state index contributed by atoms with van der Waals surface area (Å²) >= 11 is 1.88. The summed E-state index contributed by atoms with van der Waals surface area (Å²) < 4.78 is 5.23. The first-order valence-corrected chi connectivity index (χ1v) is 7.40. The van der Waals surface area contributed by atoms with E-state index in [0.29, 0.717) is 6.04 Å². The van der Waals surface area contributed by atoms with Crippen molar-refractivity contribution >= 4 is 11.3 Å². The highest BCUT2D eigenvalue weighted by Crippen LogP contribution is 2.17. The molecule has 102 valence electrons. The molecule has 0 amide bonds. The highest BCUT2D eigenvalue weighted by atomic mass is 32.1. The molecular weight excluding hydrogens is 254 g/mol. The standard InChI is InChI=1S/C16H21NOS/c1-12(9-16-8-7-13(2)19-16)17-11-14-5-4-6-15(10-14)18-3/h4-8,10,12,17H,9,11H2,1-3H3. The van der Waals surface area contributed by atoms with Crippen molar-refractivity contribution in [1.29, 1.82) is 0 Å². The number of benzene rings is 1.